The largest absolute Gasteiger partial charge is 0.416 e. The van der Waals surface area contributed by atoms with Crippen molar-refractivity contribution < 1.29 is 17.9 Å². The summed E-state index contributed by atoms with van der Waals surface area (Å²) in [6.45, 7) is 0. The minimum absolute atomic E-state index is 0.0174. The Morgan fingerprint density at radius 3 is 2.50 bits per heavy atom. The van der Waals surface area contributed by atoms with E-state index in [4.69, 9.17) is 10.5 Å². The van der Waals surface area contributed by atoms with Crippen LogP contribution in [-0.2, 0) is 10.9 Å². The van der Waals surface area contributed by atoms with Crippen molar-refractivity contribution in [2.24, 2.45) is 5.73 Å². The third-order valence-electron chi connectivity index (χ3n) is 4.17. The van der Waals surface area contributed by atoms with Crippen LogP contribution in [0.2, 0.25) is 0 Å². The molecule has 2 rings (SSSR count). The maximum Gasteiger partial charge on any atom is 0.416 e. The molecule has 1 unspecified atom stereocenters. The van der Waals surface area contributed by atoms with Crippen LogP contribution < -0.4 is 5.73 Å². The first kappa shape index (κ1) is 15.3. The van der Waals surface area contributed by atoms with E-state index in [9.17, 15) is 13.2 Å². The van der Waals surface area contributed by atoms with E-state index in [1.165, 1.54) is 13.3 Å². The molecule has 0 saturated heterocycles. The van der Waals surface area contributed by atoms with Crippen molar-refractivity contribution in [3.05, 3.63) is 29.6 Å². The number of pyridine rings is 1. The maximum absolute atomic E-state index is 13.1. The molecule has 1 aromatic heterocycles. The lowest BCUT2D eigenvalue weighted by Crippen LogP contribution is -2.45. The van der Waals surface area contributed by atoms with E-state index in [1.54, 1.807) is 0 Å². The Balaban J connectivity index is 2.40. The van der Waals surface area contributed by atoms with Gasteiger partial charge in [0, 0.05) is 25.1 Å². The van der Waals surface area contributed by atoms with Gasteiger partial charge in [-0.15, -0.1) is 0 Å². The molecule has 1 atom stereocenters. The molecule has 0 spiro atoms. The third-order valence-corrected chi connectivity index (χ3v) is 4.17. The summed E-state index contributed by atoms with van der Waals surface area (Å²) in [6.07, 6.45) is 2.18. The van der Waals surface area contributed by atoms with Crippen molar-refractivity contribution in [1.29, 1.82) is 0 Å². The zero-order valence-corrected chi connectivity index (χ0v) is 11.4. The second-order valence-electron chi connectivity index (χ2n) is 5.27. The van der Waals surface area contributed by atoms with Gasteiger partial charge in [0.1, 0.15) is 0 Å². The number of nitrogens with zero attached hydrogens (tertiary/aromatic N) is 1. The van der Waals surface area contributed by atoms with Crippen LogP contribution >= 0.6 is 0 Å². The van der Waals surface area contributed by atoms with Gasteiger partial charge in [-0.3, -0.25) is 4.98 Å². The van der Waals surface area contributed by atoms with E-state index in [0.29, 0.717) is 12.8 Å². The van der Waals surface area contributed by atoms with E-state index in [2.05, 4.69) is 4.98 Å². The van der Waals surface area contributed by atoms with Crippen LogP contribution in [0.5, 0.6) is 0 Å². The maximum atomic E-state index is 13.1. The second-order valence-corrected chi connectivity index (χ2v) is 5.27. The number of ether oxygens (including phenoxy) is 1. The highest BCUT2D eigenvalue weighted by molar-refractivity contribution is 5.31. The molecule has 0 bridgehead atoms. The standard InChI is InChI=1S/C14H19F3N2O/c1-20-13(6-3-2-4-7-13)12(18)10-9-19-8-5-11(10)14(15,16)17/h5,8-9,12H,2-4,6-7,18H2,1H3. The van der Waals surface area contributed by atoms with Gasteiger partial charge in [-0.25, -0.2) is 0 Å². The van der Waals surface area contributed by atoms with Crippen molar-refractivity contribution in [2.45, 2.75) is 49.9 Å². The van der Waals surface area contributed by atoms with E-state index in [0.717, 1.165) is 31.5 Å². The highest BCUT2D eigenvalue weighted by atomic mass is 19.4. The summed E-state index contributed by atoms with van der Waals surface area (Å²) in [6, 6.07) is 0.152. The zero-order chi connectivity index (χ0) is 14.8. The number of aromatic nitrogens is 1. The topological polar surface area (TPSA) is 48.1 Å². The molecule has 3 nitrogen and oxygen atoms in total. The van der Waals surface area contributed by atoms with Crippen LogP contribution in [0.25, 0.3) is 0 Å². The lowest BCUT2D eigenvalue weighted by atomic mass is 9.76. The summed E-state index contributed by atoms with van der Waals surface area (Å²) < 4.78 is 44.8. The molecule has 1 aliphatic carbocycles. The third kappa shape index (κ3) is 2.81. The Morgan fingerprint density at radius 1 is 1.30 bits per heavy atom. The fourth-order valence-corrected chi connectivity index (χ4v) is 2.99. The molecule has 0 amide bonds. The van der Waals surface area contributed by atoms with Crippen LogP contribution in [0.3, 0.4) is 0 Å². The molecule has 0 aliphatic heterocycles. The van der Waals surface area contributed by atoms with Crippen LogP contribution in [0.15, 0.2) is 18.5 Å². The van der Waals surface area contributed by atoms with Crippen LogP contribution in [0.1, 0.15) is 49.3 Å². The first-order valence-electron chi connectivity index (χ1n) is 6.72. The summed E-state index contributed by atoms with van der Waals surface area (Å²) in [5, 5.41) is 0. The lowest BCUT2D eigenvalue weighted by Gasteiger charge is -2.41. The predicted molar refractivity (Wildman–Crippen MR) is 69.0 cm³/mol. The first-order chi connectivity index (χ1) is 9.41. The highest BCUT2D eigenvalue weighted by Crippen LogP contribution is 2.43. The smallest absolute Gasteiger partial charge is 0.376 e. The van der Waals surface area contributed by atoms with Gasteiger partial charge < -0.3 is 10.5 Å². The number of hydrogen-bond donors (Lipinski definition) is 1. The summed E-state index contributed by atoms with van der Waals surface area (Å²) in [5.41, 5.74) is 4.72. The van der Waals surface area contributed by atoms with Gasteiger partial charge in [0.2, 0.25) is 0 Å². The van der Waals surface area contributed by atoms with Crippen molar-refractivity contribution in [1.82, 2.24) is 4.98 Å². The van der Waals surface area contributed by atoms with Gasteiger partial charge in [0.05, 0.1) is 17.2 Å². The molecule has 2 N–H and O–H groups in total. The average Bonchev–Trinajstić information content (AvgIpc) is 2.46. The van der Waals surface area contributed by atoms with Crippen molar-refractivity contribution >= 4 is 0 Å². The predicted octanol–water partition coefficient (Wildman–Crippen LogP) is 3.45. The summed E-state index contributed by atoms with van der Waals surface area (Å²) in [5.74, 6) is 0. The molecule has 1 saturated carbocycles. The zero-order valence-electron chi connectivity index (χ0n) is 11.4. The molecular formula is C14H19F3N2O. The number of alkyl halides is 3. The number of rotatable bonds is 3. The molecule has 20 heavy (non-hydrogen) atoms. The number of nitrogens with two attached hydrogens (primary N) is 1. The van der Waals surface area contributed by atoms with Gasteiger partial charge in [-0.2, -0.15) is 13.2 Å². The van der Waals surface area contributed by atoms with Gasteiger partial charge in [-0.1, -0.05) is 19.3 Å². The van der Waals surface area contributed by atoms with Gasteiger partial charge in [0.25, 0.3) is 0 Å². The molecule has 1 aliphatic rings. The van der Waals surface area contributed by atoms with E-state index >= 15 is 0 Å². The quantitative estimate of drug-likeness (QED) is 0.926. The lowest BCUT2D eigenvalue weighted by molar-refractivity contribution is -0.139. The summed E-state index contributed by atoms with van der Waals surface area (Å²) in [4.78, 5) is 3.80. The van der Waals surface area contributed by atoms with Crippen molar-refractivity contribution in [3.63, 3.8) is 0 Å². The fourth-order valence-electron chi connectivity index (χ4n) is 2.99. The second kappa shape index (κ2) is 5.69. The molecule has 0 aromatic carbocycles. The van der Waals surface area contributed by atoms with Crippen LogP contribution in [-0.4, -0.2) is 17.7 Å². The molecular weight excluding hydrogens is 269 g/mol. The Morgan fingerprint density at radius 2 is 1.95 bits per heavy atom. The summed E-state index contributed by atoms with van der Waals surface area (Å²) >= 11 is 0. The Labute approximate surface area is 116 Å². The Bertz CT molecular complexity index is 456. The molecule has 1 heterocycles. The van der Waals surface area contributed by atoms with E-state index in [1.807, 2.05) is 0 Å². The molecule has 112 valence electrons. The van der Waals surface area contributed by atoms with Crippen molar-refractivity contribution in [3.8, 4) is 0 Å². The molecule has 6 heteroatoms. The Hall–Kier alpha value is -1.14. The monoisotopic (exact) mass is 288 g/mol. The van der Waals surface area contributed by atoms with Gasteiger partial charge in [0.15, 0.2) is 0 Å². The highest BCUT2D eigenvalue weighted by Gasteiger charge is 2.43. The Kier molecular flexibility index (Phi) is 4.34. The normalized spacial score (nSPS) is 20.6. The van der Waals surface area contributed by atoms with Crippen LogP contribution in [0.4, 0.5) is 13.2 Å². The van der Waals surface area contributed by atoms with Crippen molar-refractivity contribution in [2.75, 3.05) is 7.11 Å². The van der Waals surface area contributed by atoms with Gasteiger partial charge in [-0.05, 0) is 18.9 Å². The molecule has 0 radical (unpaired) electrons. The average molecular weight is 288 g/mol. The van der Waals surface area contributed by atoms with E-state index < -0.39 is 23.4 Å². The van der Waals surface area contributed by atoms with E-state index in [-0.39, 0.29) is 5.56 Å². The van der Waals surface area contributed by atoms with Gasteiger partial charge >= 0.3 is 6.18 Å². The minimum atomic E-state index is -4.43. The number of hydrogen-bond acceptors (Lipinski definition) is 3. The number of halogens is 3. The number of methoxy groups -OCH3 is 1. The fraction of sp³-hybridized carbons (Fsp3) is 0.643. The first-order valence-corrected chi connectivity index (χ1v) is 6.72. The SMILES string of the molecule is COC1(C(N)c2cnccc2C(F)(F)F)CCCCC1. The minimum Gasteiger partial charge on any atom is -0.376 e. The molecule has 1 fully saturated rings. The molecule has 1 aromatic rings. The van der Waals surface area contributed by atoms with Crippen LogP contribution in [0, 0.1) is 0 Å². The summed E-state index contributed by atoms with van der Waals surface area (Å²) in [7, 11) is 1.52.